The number of benzene rings is 2. The van der Waals surface area contributed by atoms with E-state index < -0.39 is 41.8 Å². The maximum absolute atomic E-state index is 12.8. The molecule has 0 fully saturated rings. The molecule has 0 aliphatic rings. The first-order valence-corrected chi connectivity index (χ1v) is 11.8. The number of carboxylic acids is 2. The Morgan fingerprint density at radius 3 is 2.50 bits per heavy atom. The van der Waals surface area contributed by atoms with Gasteiger partial charge in [-0.1, -0.05) is 12.1 Å². The van der Waals surface area contributed by atoms with Crippen LogP contribution in [0.5, 0.6) is 0 Å². The van der Waals surface area contributed by atoms with Crippen LogP contribution in [0.25, 0.3) is 11.2 Å². The molecule has 4 rings (SSSR count). The Kier molecular flexibility index (Phi) is 7.95. The quantitative estimate of drug-likeness (QED) is 0.166. The van der Waals surface area contributed by atoms with Crippen LogP contribution in [0, 0.1) is 11.3 Å². The number of rotatable bonds is 10. The van der Waals surface area contributed by atoms with Gasteiger partial charge in [-0.05, 0) is 48.4 Å². The first-order chi connectivity index (χ1) is 19.1. The molecule has 1 unspecified atom stereocenters. The van der Waals surface area contributed by atoms with Crippen LogP contribution in [0.15, 0.2) is 59.5 Å². The zero-order chi connectivity index (χ0) is 28.8. The van der Waals surface area contributed by atoms with E-state index in [0.29, 0.717) is 11.4 Å². The van der Waals surface area contributed by atoms with Gasteiger partial charge in [0, 0.05) is 11.3 Å². The Morgan fingerprint density at radius 1 is 1.07 bits per heavy atom. The van der Waals surface area contributed by atoms with E-state index in [2.05, 4.69) is 30.6 Å². The molecule has 14 heteroatoms. The van der Waals surface area contributed by atoms with Crippen LogP contribution in [-0.2, 0) is 16.1 Å². The van der Waals surface area contributed by atoms with E-state index in [4.69, 9.17) is 11.0 Å². The lowest BCUT2D eigenvalue weighted by atomic mass is 9.91. The summed E-state index contributed by atoms with van der Waals surface area (Å²) >= 11 is 0. The van der Waals surface area contributed by atoms with Crippen LogP contribution in [0.4, 0.5) is 11.6 Å². The molecule has 202 valence electrons. The molecule has 0 aliphatic heterocycles. The molecule has 40 heavy (non-hydrogen) atoms. The number of hydrogen-bond donors (Lipinski definition) is 6. The molecule has 7 N–H and O–H groups in total. The van der Waals surface area contributed by atoms with E-state index in [1.807, 2.05) is 6.07 Å². The SMILES string of the molecule is N#Cc1cccc(C(C[C@H](NC(=O)c2ccc(NCc3cnc4nc(N)[nH]c(=O)c4n3)cc2)C(=O)O)C(=O)O)c1. The van der Waals surface area contributed by atoms with Crippen molar-refractivity contribution in [2.75, 3.05) is 11.1 Å². The highest BCUT2D eigenvalue weighted by molar-refractivity contribution is 5.97. The Hall–Kier alpha value is -5.84. The number of nitriles is 1. The van der Waals surface area contributed by atoms with E-state index in [-0.39, 0.29) is 40.3 Å². The van der Waals surface area contributed by atoms with E-state index in [9.17, 15) is 29.4 Å². The lowest BCUT2D eigenvalue weighted by Gasteiger charge is -2.20. The van der Waals surface area contributed by atoms with Crippen LogP contribution >= 0.6 is 0 Å². The number of carboxylic acid groups (broad SMARTS) is 2. The first kappa shape index (κ1) is 27.2. The highest BCUT2D eigenvalue weighted by Crippen LogP contribution is 2.23. The van der Waals surface area contributed by atoms with E-state index >= 15 is 0 Å². The monoisotopic (exact) mass is 542 g/mol. The van der Waals surface area contributed by atoms with Gasteiger partial charge in [-0.15, -0.1) is 0 Å². The standard InChI is InChI=1S/C26H22N8O6/c27-10-13-2-1-3-15(8-13)18(24(37)38)9-19(25(39)40)32-22(35)14-4-6-16(7-5-14)29-11-17-12-30-21-20(31-17)23(36)34-26(28)33-21/h1-8,12,18-19,29H,9,11H2,(H,32,35)(H,37,38)(H,39,40)(H3,28,30,33,34,36)/t18?,19-/m0/s1. The maximum Gasteiger partial charge on any atom is 0.326 e. The van der Waals surface area contributed by atoms with Crippen molar-refractivity contribution in [1.29, 1.82) is 5.26 Å². The van der Waals surface area contributed by atoms with Crippen LogP contribution in [0.3, 0.4) is 0 Å². The van der Waals surface area contributed by atoms with Gasteiger partial charge in [0.2, 0.25) is 5.95 Å². The number of aromatic amines is 1. The van der Waals surface area contributed by atoms with Crippen molar-refractivity contribution in [2.45, 2.75) is 24.9 Å². The summed E-state index contributed by atoms with van der Waals surface area (Å²) < 4.78 is 0. The number of hydrogen-bond acceptors (Lipinski definition) is 10. The zero-order valence-corrected chi connectivity index (χ0v) is 20.7. The van der Waals surface area contributed by atoms with E-state index in [1.54, 1.807) is 12.1 Å². The van der Waals surface area contributed by atoms with Gasteiger partial charge in [0.05, 0.1) is 36.0 Å². The van der Waals surface area contributed by atoms with Crippen LogP contribution in [-0.4, -0.2) is 54.0 Å². The van der Waals surface area contributed by atoms with Crippen molar-refractivity contribution < 1.29 is 24.6 Å². The second kappa shape index (κ2) is 11.7. The molecule has 0 radical (unpaired) electrons. The summed E-state index contributed by atoms with van der Waals surface area (Å²) in [6, 6.07) is 12.4. The number of nitrogens with two attached hydrogens (primary N) is 1. The van der Waals surface area contributed by atoms with E-state index in [0.717, 1.165) is 0 Å². The third-order valence-corrected chi connectivity index (χ3v) is 5.90. The normalized spacial score (nSPS) is 12.2. The van der Waals surface area contributed by atoms with Gasteiger partial charge in [-0.3, -0.25) is 19.4 Å². The van der Waals surface area contributed by atoms with Crippen molar-refractivity contribution in [2.24, 2.45) is 0 Å². The molecule has 2 aromatic carbocycles. The number of carbonyl (C=O) groups excluding carboxylic acids is 1. The van der Waals surface area contributed by atoms with Gasteiger partial charge in [0.1, 0.15) is 6.04 Å². The van der Waals surface area contributed by atoms with Crippen molar-refractivity contribution in [1.82, 2.24) is 25.3 Å². The second-order valence-corrected chi connectivity index (χ2v) is 8.64. The molecular formula is C26H22N8O6. The molecular weight excluding hydrogens is 520 g/mol. The average molecular weight is 543 g/mol. The molecule has 0 saturated heterocycles. The van der Waals surface area contributed by atoms with Gasteiger partial charge in [-0.25, -0.2) is 14.8 Å². The molecule has 0 spiro atoms. The van der Waals surface area contributed by atoms with Crippen molar-refractivity contribution >= 4 is 40.6 Å². The number of H-pyrrole nitrogens is 1. The third-order valence-electron chi connectivity index (χ3n) is 5.90. The number of amides is 1. The number of anilines is 2. The number of nitrogens with one attached hydrogen (secondary N) is 3. The minimum Gasteiger partial charge on any atom is -0.481 e. The molecule has 4 aromatic rings. The molecule has 0 aliphatic carbocycles. The highest BCUT2D eigenvalue weighted by Gasteiger charge is 2.30. The minimum atomic E-state index is -1.50. The van der Waals surface area contributed by atoms with Crippen molar-refractivity contribution in [3.8, 4) is 6.07 Å². The zero-order valence-electron chi connectivity index (χ0n) is 20.7. The number of nitrogens with zero attached hydrogens (tertiary/aromatic N) is 4. The molecule has 1 amide bonds. The molecule has 0 bridgehead atoms. The van der Waals surface area contributed by atoms with Gasteiger partial charge >= 0.3 is 11.9 Å². The van der Waals surface area contributed by atoms with Gasteiger partial charge in [-0.2, -0.15) is 10.2 Å². The minimum absolute atomic E-state index is 0.0383. The Morgan fingerprint density at radius 2 is 1.82 bits per heavy atom. The van der Waals surface area contributed by atoms with Crippen LogP contribution < -0.4 is 21.9 Å². The number of aliphatic carboxylic acids is 2. The summed E-state index contributed by atoms with van der Waals surface area (Å²) in [6.45, 7) is 0.197. The van der Waals surface area contributed by atoms with Crippen molar-refractivity contribution in [3.63, 3.8) is 0 Å². The topological polar surface area (TPSA) is 237 Å². The Labute approximate surface area is 225 Å². The molecule has 2 atom stereocenters. The summed E-state index contributed by atoms with van der Waals surface area (Å²) in [6.07, 6.45) is 1.01. The maximum atomic E-state index is 12.8. The number of aromatic nitrogens is 4. The number of carbonyl (C=O) groups is 3. The average Bonchev–Trinajstić information content (AvgIpc) is 2.94. The number of nitrogen functional groups attached to an aromatic ring is 1. The molecule has 2 heterocycles. The predicted molar refractivity (Wildman–Crippen MR) is 141 cm³/mol. The summed E-state index contributed by atoms with van der Waals surface area (Å²) in [7, 11) is 0. The summed E-state index contributed by atoms with van der Waals surface area (Å²) in [4.78, 5) is 63.1. The van der Waals surface area contributed by atoms with Gasteiger partial charge in [0.25, 0.3) is 11.5 Å². The summed E-state index contributed by atoms with van der Waals surface area (Å²) in [5.41, 5.74) is 6.82. The molecule has 0 saturated carbocycles. The lowest BCUT2D eigenvalue weighted by molar-refractivity contribution is -0.141. The Bertz CT molecular complexity index is 1700. The van der Waals surface area contributed by atoms with Crippen LogP contribution in [0.1, 0.15) is 39.5 Å². The largest absolute Gasteiger partial charge is 0.481 e. The summed E-state index contributed by atoms with van der Waals surface area (Å²) in [5.74, 6) is -4.72. The van der Waals surface area contributed by atoms with E-state index in [1.165, 1.54) is 42.6 Å². The first-order valence-electron chi connectivity index (χ1n) is 11.8. The lowest BCUT2D eigenvalue weighted by Crippen LogP contribution is -2.42. The van der Waals surface area contributed by atoms with Gasteiger partial charge < -0.3 is 26.6 Å². The fourth-order valence-corrected chi connectivity index (χ4v) is 3.89. The van der Waals surface area contributed by atoms with Gasteiger partial charge in [0.15, 0.2) is 11.2 Å². The fourth-order valence-electron chi connectivity index (χ4n) is 3.89. The molecule has 2 aromatic heterocycles. The van der Waals surface area contributed by atoms with Crippen LogP contribution in [0.2, 0.25) is 0 Å². The second-order valence-electron chi connectivity index (χ2n) is 8.64. The van der Waals surface area contributed by atoms with Crippen molar-refractivity contribution in [3.05, 3.63) is 87.5 Å². The highest BCUT2D eigenvalue weighted by atomic mass is 16.4. The smallest absolute Gasteiger partial charge is 0.326 e. The predicted octanol–water partition coefficient (Wildman–Crippen LogP) is 1.22. The Balaban J connectivity index is 1.41. The third kappa shape index (κ3) is 6.34. The summed E-state index contributed by atoms with van der Waals surface area (Å²) in [5, 5.41) is 33.9. The molecule has 14 nitrogen and oxygen atoms in total. The fraction of sp³-hybridized carbons (Fsp3) is 0.154. The number of fused-ring (bicyclic) bond motifs is 1.